The summed E-state index contributed by atoms with van der Waals surface area (Å²) in [6.45, 7) is 3.56. The third kappa shape index (κ3) is 5.14. The number of halogens is 1. The fourth-order valence-electron chi connectivity index (χ4n) is 3.36. The second-order valence-electron chi connectivity index (χ2n) is 6.86. The third-order valence-electron chi connectivity index (χ3n) is 4.88. The van der Waals surface area contributed by atoms with Gasteiger partial charge in [0.15, 0.2) is 11.5 Å². The molecule has 1 heterocycles. The van der Waals surface area contributed by atoms with Crippen LogP contribution in [0.4, 0.5) is 0 Å². The number of carbonyl (C=O) groups is 1. The monoisotopic (exact) mass is 496 g/mol. The molecule has 0 bridgehead atoms. The Labute approximate surface area is 185 Å². The number of sulfonamides is 1. The van der Waals surface area contributed by atoms with Crippen molar-refractivity contribution >= 4 is 31.9 Å². The predicted molar refractivity (Wildman–Crippen MR) is 118 cm³/mol. The highest BCUT2D eigenvalue weighted by molar-refractivity contribution is 9.10. The summed E-state index contributed by atoms with van der Waals surface area (Å²) in [7, 11) is -1.91. The molecule has 7 nitrogen and oxygen atoms in total. The van der Waals surface area contributed by atoms with Crippen molar-refractivity contribution in [3.8, 4) is 11.5 Å². The number of amides is 1. The van der Waals surface area contributed by atoms with Gasteiger partial charge in [0.25, 0.3) is 5.91 Å². The summed E-state index contributed by atoms with van der Waals surface area (Å²) in [4.78, 5) is 14.6. The first-order valence-corrected chi connectivity index (χ1v) is 12.1. The second kappa shape index (κ2) is 9.80. The van der Waals surface area contributed by atoms with E-state index in [9.17, 15) is 13.2 Å². The van der Waals surface area contributed by atoms with Crippen LogP contribution >= 0.6 is 15.9 Å². The van der Waals surface area contributed by atoms with Gasteiger partial charge in [0.2, 0.25) is 10.0 Å². The highest BCUT2D eigenvalue weighted by atomic mass is 79.9. The largest absolute Gasteiger partial charge is 0.493 e. The van der Waals surface area contributed by atoms with Crippen LogP contribution < -0.4 is 9.47 Å². The van der Waals surface area contributed by atoms with Crippen LogP contribution in [0, 0.1) is 0 Å². The van der Waals surface area contributed by atoms with Crippen LogP contribution in [0.15, 0.2) is 46.9 Å². The van der Waals surface area contributed by atoms with Gasteiger partial charge in [-0.3, -0.25) is 4.79 Å². The van der Waals surface area contributed by atoms with Crippen molar-refractivity contribution in [1.29, 1.82) is 0 Å². The van der Waals surface area contributed by atoms with Gasteiger partial charge in [0, 0.05) is 31.7 Å². The molecule has 2 aromatic rings. The first kappa shape index (κ1) is 22.6. The van der Waals surface area contributed by atoms with Gasteiger partial charge in [-0.15, -0.1) is 0 Å². The molecule has 30 heavy (non-hydrogen) atoms. The number of hydrogen-bond acceptors (Lipinski definition) is 5. The summed E-state index contributed by atoms with van der Waals surface area (Å²) >= 11 is 3.44. The normalized spacial score (nSPS) is 15.1. The minimum atomic E-state index is -3.43. The van der Waals surface area contributed by atoms with Gasteiger partial charge in [0.1, 0.15) is 0 Å². The second-order valence-corrected chi connectivity index (χ2v) is 9.68. The van der Waals surface area contributed by atoms with Gasteiger partial charge in [-0.1, -0.05) is 30.3 Å². The Kier molecular flexibility index (Phi) is 7.38. The lowest BCUT2D eigenvalue weighted by molar-refractivity contribution is 0.0697. The summed E-state index contributed by atoms with van der Waals surface area (Å²) in [5.74, 6) is 0.814. The summed E-state index contributed by atoms with van der Waals surface area (Å²) in [5, 5.41) is 0. The van der Waals surface area contributed by atoms with Crippen molar-refractivity contribution < 1.29 is 22.7 Å². The maximum Gasteiger partial charge on any atom is 0.254 e. The van der Waals surface area contributed by atoms with E-state index in [1.165, 1.54) is 11.4 Å². The maximum atomic E-state index is 13.0. The molecular weight excluding hydrogens is 472 g/mol. The zero-order valence-corrected chi connectivity index (χ0v) is 19.4. The van der Waals surface area contributed by atoms with E-state index in [4.69, 9.17) is 9.47 Å². The number of hydrogen-bond donors (Lipinski definition) is 0. The van der Waals surface area contributed by atoms with E-state index in [1.807, 2.05) is 25.1 Å². The molecule has 162 valence electrons. The summed E-state index contributed by atoms with van der Waals surface area (Å²) in [6, 6.07) is 12.5. The average Bonchev–Trinajstić information content (AvgIpc) is 2.75. The van der Waals surface area contributed by atoms with Crippen molar-refractivity contribution in [3.63, 3.8) is 0 Å². The first-order chi connectivity index (χ1) is 14.4. The number of ether oxygens (including phenoxy) is 2. The Balaban J connectivity index is 1.67. The van der Waals surface area contributed by atoms with E-state index in [1.54, 1.807) is 29.2 Å². The Hall–Kier alpha value is -2.10. The molecule has 0 aromatic heterocycles. The fraction of sp³-hybridized carbons (Fsp3) is 0.381. The van der Waals surface area contributed by atoms with Gasteiger partial charge in [-0.2, -0.15) is 4.31 Å². The number of nitrogens with zero attached hydrogens (tertiary/aromatic N) is 2. The summed E-state index contributed by atoms with van der Waals surface area (Å²) < 4.78 is 38.5. The minimum absolute atomic E-state index is 0.0369. The van der Waals surface area contributed by atoms with Gasteiger partial charge in [0.05, 0.1) is 23.9 Å². The van der Waals surface area contributed by atoms with E-state index in [2.05, 4.69) is 15.9 Å². The quantitative estimate of drug-likeness (QED) is 0.588. The Morgan fingerprint density at radius 1 is 1.10 bits per heavy atom. The maximum absolute atomic E-state index is 13.0. The van der Waals surface area contributed by atoms with E-state index in [0.29, 0.717) is 41.2 Å². The number of rotatable bonds is 7. The standard InChI is InChI=1S/C21H25BrN2O5S/c1-3-29-20-18(22)13-17(14-19(20)28-2)21(25)23-9-11-24(12-10-23)30(26,27)15-16-7-5-4-6-8-16/h4-8,13-14H,3,9-12,15H2,1-2H3. The molecule has 0 unspecified atom stereocenters. The van der Waals surface area contributed by atoms with Gasteiger partial charge in [-0.25, -0.2) is 8.42 Å². The number of benzene rings is 2. The van der Waals surface area contributed by atoms with Crippen LogP contribution in [-0.2, 0) is 15.8 Å². The Morgan fingerprint density at radius 3 is 2.37 bits per heavy atom. The molecule has 1 aliphatic rings. The highest BCUT2D eigenvalue weighted by Crippen LogP contribution is 2.37. The highest BCUT2D eigenvalue weighted by Gasteiger charge is 2.30. The number of methoxy groups -OCH3 is 1. The zero-order chi connectivity index (χ0) is 21.7. The number of piperazine rings is 1. The number of carbonyl (C=O) groups excluding carboxylic acids is 1. The molecule has 0 saturated carbocycles. The van der Waals surface area contributed by atoms with Crippen molar-refractivity contribution in [1.82, 2.24) is 9.21 Å². The SMILES string of the molecule is CCOc1c(Br)cc(C(=O)N2CCN(S(=O)(=O)Cc3ccccc3)CC2)cc1OC. The lowest BCUT2D eigenvalue weighted by Gasteiger charge is -2.34. The minimum Gasteiger partial charge on any atom is -0.493 e. The van der Waals surface area contributed by atoms with Crippen LogP contribution in [-0.4, -0.2) is 63.4 Å². The molecule has 9 heteroatoms. The lowest BCUT2D eigenvalue weighted by atomic mass is 10.1. The van der Waals surface area contributed by atoms with Crippen LogP contribution in [0.3, 0.4) is 0 Å². The van der Waals surface area contributed by atoms with Crippen LogP contribution in [0.25, 0.3) is 0 Å². The molecule has 0 spiro atoms. The molecule has 0 N–H and O–H groups in total. The summed E-state index contributed by atoms with van der Waals surface area (Å²) in [6.07, 6.45) is 0. The van der Waals surface area contributed by atoms with Gasteiger partial charge in [-0.05, 0) is 40.5 Å². The van der Waals surface area contributed by atoms with Crippen LogP contribution in [0.5, 0.6) is 11.5 Å². The third-order valence-corrected chi connectivity index (χ3v) is 7.32. The first-order valence-electron chi connectivity index (χ1n) is 9.67. The van der Waals surface area contributed by atoms with Crippen LogP contribution in [0.1, 0.15) is 22.8 Å². The molecule has 1 aliphatic heterocycles. The smallest absolute Gasteiger partial charge is 0.254 e. The topological polar surface area (TPSA) is 76.2 Å². The lowest BCUT2D eigenvalue weighted by Crippen LogP contribution is -2.50. The zero-order valence-electron chi connectivity index (χ0n) is 17.0. The van der Waals surface area contributed by atoms with E-state index in [0.717, 1.165) is 5.56 Å². The molecule has 2 aromatic carbocycles. The molecule has 1 fully saturated rings. The molecule has 0 aliphatic carbocycles. The van der Waals surface area contributed by atoms with Gasteiger partial charge < -0.3 is 14.4 Å². The molecule has 1 amide bonds. The fourth-order valence-corrected chi connectivity index (χ4v) is 5.43. The molecule has 3 rings (SSSR count). The van der Waals surface area contributed by atoms with E-state index < -0.39 is 10.0 Å². The van der Waals surface area contributed by atoms with Crippen molar-refractivity contribution in [2.24, 2.45) is 0 Å². The van der Waals surface area contributed by atoms with Crippen molar-refractivity contribution in [2.45, 2.75) is 12.7 Å². The van der Waals surface area contributed by atoms with Gasteiger partial charge >= 0.3 is 0 Å². The molecule has 0 radical (unpaired) electrons. The Morgan fingerprint density at radius 2 is 1.77 bits per heavy atom. The molecule has 1 saturated heterocycles. The molecule has 0 atom stereocenters. The van der Waals surface area contributed by atoms with Crippen molar-refractivity contribution in [2.75, 3.05) is 39.9 Å². The van der Waals surface area contributed by atoms with E-state index >= 15 is 0 Å². The van der Waals surface area contributed by atoms with E-state index in [-0.39, 0.29) is 24.7 Å². The van der Waals surface area contributed by atoms with Crippen molar-refractivity contribution in [3.05, 3.63) is 58.1 Å². The average molecular weight is 497 g/mol. The molecular formula is C21H25BrN2O5S. The summed E-state index contributed by atoms with van der Waals surface area (Å²) in [5.41, 5.74) is 1.21. The predicted octanol–water partition coefficient (Wildman–Crippen LogP) is 3.14. The Bertz CT molecular complexity index is 990. The van der Waals surface area contributed by atoms with Crippen LogP contribution in [0.2, 0.25) is 0 Å².